The van der Waals surface area contributed by atoms with Gasteiger partial charge in [0.05, 0.1) is 25.7 Å². The Morgan fingerprint density at radius 3 is 2.10 bits per heavy atom. The minimum absolute atomic E-state index is 0.0255. The van der Waals surface area contributed by atoms with Crippen molar-refractivity contribution in [3.8, 4) is 11.5 Å². The van der Waals surface area contributed by atoms with Crippen LogP contribution in [0.4, 0.5) is 11.4 Å². The van der Waals surface area contributed by atoms with Gasteiger partial charge in [0.2, 0.25) is 15.9 Å². The Morgan fingerprint density at radius 1 is 0.933 bits per heavy atom. The summed E-state index contributed by atoms with van der Waals surface area (Å²) in [5, 5.41) is 5.77. The van der Waals surface area contributed by atoms with Gasteiger partial charge in [-0.05, 0) is 37.1 Å². The number of anilines is 2. The highest BCUT2D eigenvalue weighted by atomic mass is 32.2. The molecule has 2 aromatic rings. The van der Waals surface area contributed by atoms with Gasteiger partial charge in [0.15, 0.2) is 0 Å². The molecule has 0 aromatic heterocycles. The molecule has 0 saturated carbocycles. The molecule has 0 atom stereocenters. The van der Waals surface area contributed by atoms with Gasteiger partial charge >= 0.3 is 0 Å². The Kier molecular flexibility index (Phi) is 7.17. The summed E-state index contributed by atoms with van der Waals surface area (Å²) in [5.74, 6) is 0.890. The molecule has 162 valence electrons. The van der Waals surface area contributed by atoms with Crippen molar-refractivity contribution in [3.05, 3.63) is 42.5 Å². The summed E-state index contributed by atoms with van der Waals surface area (Å²) in [7, 11) is -0.384. The highest BCUT2D eigenvalue weighted by Crippen LogP contribution is 2.26. The smallest absolute Gasteiger partial charge is 0.243 e. The minimum atomic E-state index is -3.46. The zero-order valence-electron chi connectivity index (χ0n) is 17.2. The van der Waals surface area contributed by atoms with Crippen molar-refractivity contribution < 1.29 is 22.7 Å². The Balaban J connectivity index is 1.58. The number of hydrogen-bond acceptors (Lipinski definition) is 6. The van der Waals surface area contributed by atoms with Crippen LogP contribution in [0.15, 0.2) is 47.4 Å². The van der Waals surface area contributed by atoms with Crippen LogP contribution in [-0.4, -0.2) is 52.5 Å². The number of sulfonamides is 1. The van der Waals surface area contributed by atoms with E-state index in [1.807, 2.05) is 0 Å². The summed E-state index contributed by atoms with van der Waals surface area (Å²) in [5.41, 5.74) is 1.21. The second-order valence-corrected chi connectivity index (χ2v) is 8.93. The van der Waals surface area contributed by atoms with E-state index in [0.29, 0.717) is 36.0 Å². The predicted molar refractivity (Wildman–Crippen MR) is 116 cm³/mol. The first-order valence-electron chi connectivity index (χ1n) is 9.79. The second-order valence-electron chi connectivity index (χ2n) is 6.99. The van der Waals surface area contributed by atoms with E-state index in [2.05, 4.69) is 10.6 Å². The van der Waals surface area contributed by atoms with Crippen molar-refractivity contribution in [1.29, 1.82) is 0 Å². The fraction of sp³-hybridized carbons (Fsp3) is 0.381. The zero-order chi connectivity index (χ0) is 21.6. The van der Waals surface area contributed by atoms with Crippen molar-refractivity contribution in [2.24, 2.45) is 0 Å². The lowest BCUT2D eigenvalue weighted by molar-refractivity contribution is -0.114. The Hall–Kier alpha value is -2.78. The fourth-order valence-electron chi connectivity index (χ4n) is 3.27. The van der Waals surface area contributed by atoms with Crippen molar-refractivity contribution >= 4 is 27.3 Å². The molecule has 0 unspecified atom stereocenters. The van der Waals surface area contributed by atoms with Crippen molar-refractivity contribution in [2.75, 3.05) is 44.5 Å². The molecule has 3 rings (SSSR count). The molecule has 0 spiro atoms. The van der Waals surface area contributed by atoms with Crippen LogP contribution in [0.2, 0.25) is 0 Å². The lowest BCUT2D eigenvalue weighted by atomic mass is 10.2. The highest BCUT2D eigenvalue weighted by molar-refractivity contribution is 7.89. The maximum Gasteiger partial charge on any atom is 0.243 e. The second kappa shape index (κ2) is 9.82. The number of methoxy groups -OCH3 is 2. The number of benzene rings is 2. The van der Waals surface area contributed by atoms with Gasteiger partial charge in [0.1, 0.15) is 11.5 Å². The van der Waals surface area contributed by atoms with Crippen molar-refractivity contribution in [3.63, 3.8) is 0 Å². The maximum absolute atomic E-state index is 12.7. The van der Waals surface area contributed by atoms with Gasteiger partial charge in [-0.2, -0.15) is 4.31 Å². The summed E-state index contributed by atoms with van der Waals surface area (Å²) in [6.07, 6.45) is 2.86. The molecule has 0 aliphatic carbocycles. The minimum Gasteiger partial charge on any atom is -0.497 e. The van der Waals surface area contributed by atoms with E-state index in [1.54, 1.807) is 42.5 Å². The van der Waals surface area contributed by atoms with Crippen LogP contribution in [0.3, 0.4) is 0 Å². The van der Waals surface area contributed by atoms with Gasteiger partial charge in [0.25, 0.3) is 0 Å². The number of nitrogens with one attached hydrogen (secondary N) is 2. The van der Waals surface area contributed by atoms with Crippen LogP contribution in [0, 0.1) is 0 Å². The third kappa shape index (κ3) is 5.43. The third-order valence-corrected chi connectivity index (χ3v) is 6.81. The van der Waals surface area contributed by atoms with Crippen LogP contribution in [0.25, 0.3) is 0 Å². The lowest BCUT2D eigenvalue weighted by Crippen LogP contribution is -2.35. The molecule has 1 amide bonds. The molecular formula is C21H27N3O5S. The SMILES string of the molecule is COc1cc(NC(=O)CNc2ccc(S(=O)(=O)N3CCCCC3)cc2)cc(OC)c1. The van der Waals surface area contributed by atoms with E-state index in [4.69, 9.17) is 9.47 Å². The van der Waals surface area contributed by atoms with E-state index in [9.17, 15) is 13.2 Å². The Labute approximate surface area is 177 Å². The number of carbonyl (C=O) groups excluding carboxylic acids is 1. The molecule has 0 bridgehead atoms. The van der Waals surface area contributed by atoms with E-state index in [-0.39, 0.29) is 17.3 Å². The summed E-state index contributed by atoms with van der Waals surface area (Å²) in [4.78, 5) is 12.5. The number of nitrogens with zero attached hydrogens (tertiary/aromatic N) is 1. The number of rotatable bonds is 8. The molecule has 1 aliphatic rings. The average molecular weight is 434 g/mol. The number of amides is 1. The number of ether oxygens (including phenoxy) is 2. The first kappa shape index (κ1) is 21.9. The third-order valence-electron chi connectivity index (χ3n) is 4.90. The molecule has 1 fully saturated rings. The molecule has 2 aromatic carbocycles. The molecule has 0 radical (unpaired) electrons. The lowest BCUT2D eigenvalue weighted by Gasteiger charge is -2.25. The Morgan fingerprint density at radius 2 is 1.53 bits per heavy atom. The first-order valence-corrected chi connectivity index (χ1v) is 11.2. The molecule has 9 heteroatoms. The summed E-state index contributed by atoms with van der Waals surface area (Å²) < 4.78 is 37.3. The molecule has 1 aliphatic heterocycles. The standard InChI is InChI=1S/C21H27N3O5S/c1-28-18-12-17(13-19(14-18)29-2)23-21(25)15-22-16-6-8-20(9-7-16)30(26,27)24-10-4-3-5-11-24/h6-9,12-14,22H,3-5,10-11,15H2,1-2H3,(H,23,25). The van der Waals surface area contributed by atoms with Gasteiger partial charge in [-0.3, -0.25) is 4.79 Å². The topological polar surface area (TPSA) is 97.0 Å². The number of piperidine rings is 1. The molecule has 8 nitrogen and oxygen atoms in total. The molecule has 30 heavy (non-hydrogen) atoms. The van der Waals surface area contributed by atoms with E-state index >= 15 is 0 Å². The summed E-state index contributed by atoms with van der Waals surface area (Å²) in [6.45, 7) is 1.16. The Bertz CT molecular complexity index is 948. The largest absolute Gasteiger partial charge is 0.497 e. The molecule has 2 N–H and O–H groups in total. The molecule has 1 saturated heterocycles. The predicted octanol–water partition coefficient (Wildman–Crippen LogP) is 2.93. The normalized spacial score (nSPS) is 14.7. The summed E-state index contributed by atoms with van der Waals surface area (Å²) in [6, 6.07) is 11.6. The molecule has 1 heterocycles. The van der Waals surface area contributed by atoms with E-state index in [0.717, 1.165) is 19.3 Å². The molecular weight excluding hydrogens is 406 g/mol. The first-order chi connectivity index (χ1) is 14.4. The van der Waals surface area contributed by atoms with Crippen LogP contribution in [-0.2, 0) is 14.8 Å². The number of hydrogen-bond donors (Lipinski definition) is 2. The van der Waals surface area contributed by atoms with Gasteiger partial charge in [-0.25, -0.2) is 8.42 Å². The monoisotopic (exact) mass is 433 g/mol. The summed E-state index contributed by atoms with van der Waals surface area (Å²) >= 11 is 0. The zero-order valence-corrected chi connectivity index (χ0v) is 18.0. The maximum atomic E-state index is 12.7. The van der Waals surface area contributed by atoms with E-state index < -0.39 is 10.0 Å². The van der Waals surface area contributed by atoms with Gasteiger partial charge in [-0.1, -0.05) is 6.42 Å². The van der Waals surface area contributed by atoms with Crippen molar-refractivity contribution in [2.45, 2.75) is 24.2 Å². The van der Waals surface area contributed by atoms with Gasteiger partial charge < -0.3 is 20.1 Å². The number of carbonyl (C=O) groups is 1. The average Bonchev–Trinajstić information content (AvgIpc) is 2.78. The van der Waals surface area contributed by atoms with Crippen LogP contribution >= 0.6 is 0 Å². The van der Waals surface area contributed by atoms with Gasteiger partial charge in [0, 0.05) is 42.7 Å². The van der Waals surface area contributed by atoms with Gasteiger partial charge in [-0.15, -0.1) is 0 Å². The van der Waals surface area contributed by atoms with Crippen LogP contribution in [0.5, 0.6) is 11.5 Å². The fourth-order valence-corrected chi connectivity index (χ4v) is 4.78. The van der Waals surface area contributed by atoms with Crippen LogP contribution in [0.1, 0.15) is 19.3 Å². The van der Waals surface area contributed by atoms with Crippen molar-refractivity contribution in [1.82, 2.24) is 4.31 Å². The van der Waals surface area contributed by atoms with E-state index in [1.165, 1.54) is 18.5 Å². The quantitative estimate of drug-likeness (QED) is 0.664. The van der Waals surface area contributed by atoms with Crippen LogP contribution < -0.4 is 20.1 Å². The highest BCUT2D eigenvalue weighted by Gasteiger charge is 2.25.